The second-order valence-corrected chi connectivity index (χ2v) is 6.14. The molecule has 132 valence electrons. The fourth-order valence-corrected chi connectivity index (χ4v) is 3.25. The van der Waals surface area contributed by atoms with E-state index in [0.29, 0.717) is 22.4 Å². The molecule has 2 heterocycles. The maximum absolute atomic E-state index is 13.3. The van der Waals surface area contributed by atoms with Crippen molar-refractivity contribution in [1.29, 1.82) is 5.26 Å². The zero-order chi connectivity index (χ0) is 18.8. The van der Waals surface area contributed by atoms with E-state index in [-0.39, 0.29) is 19.0 Å². The fraction of sp³-hybridized carbons (Fsp3) is 0.0909. The first-order chi connectivity index (χ1) is 13.2. The Balaban J connectivity index is 1.91. The summed E-state index contributed by atoms with van der Waals surface area (Å²) < 4.78 is 7.37. The number of nitriles is 1. The van der Waals surface area contributed by atoms with Gasteiger partial charge in [-0.3, -0.25) is 4.79 Å². The maximum atomic E-state index is 13.3. The molecule has 27 heavy (non-hydrogen) atoms. The third-order valence-corrected chi connectivity index (χ3v) is 4.42. The number of rotatable bonds is 5. The van der Waals surface area contributed by atoms with Gasteiger partial charge < -0.3 is 14.2 Å². The smallest absolute Gasteiger partial charge is 0.195 e. The van der Waals surface area contributed by atoms with Gasteiger partial charge in [-0.25, -0.2) is 0 Å². The van der Waals surface area contributed by atoms with E-state index in [9.17, 15) is 10.1 Å². The minimum atomic E-state index is -0.187. The van der Waals surface area contributed by atoms with Crippen LogP contribution < -0.4 is 4.74 Å². The van der Waals surface area contributed by atoms with E-state index >= 15 is 0 Å². The number of fused-ring (bicyclic) bond motifs is 3. The first-order valence-electron chi connectivity index (χ1n) is 8.53. The lowest BCUT2D eigenvalue weighted by atomic mass is 9.97. The average molecular weight is 356 g/mol. The van der Waals surface area contributed by atoms with Gasteiger partial charge in [0.2, 0.25) is 0 Å². The molecule has 0 radical (unpaired) electrons. The lowest BCUT2D eigenvalue weighted by Gasteiger charge is -2.11. The monoisotopic (exact) mass is 356 g/mol. The van der Waals surface area contributed by atoms with Gasteiger partial charge in [-0.15, -0.1) is 0 Å². The molecule has 5 nitrogen and oxygen atoms in total. The molecule has 5 heteroatoms. The summed E-state index contributed by atoms with van der Waals surface area (Å²) in [5.74, 6) is 0.328. The van der Waals surface area contributed by atoms with Crippen LogP contribution in [0.2, 0.25) is 0 Å². The Morgan fingerprint density at radius 3 is 2.81 bits per heavy atom. The number of carbonyl (C=O) groups is 1. The highest BCUT2D eigenvalue weighted by atomic mass is 16.5. The van der Waals surface area contributed by atoms with Crippen LogP contribution in [-0.2, 0) is 0 Å². The number of ketones is 1. The van der Waals surface area contributed by atoms with Crippen LogP contribution in [0.15, 0.2) is 66.9 Å². The van der Waals surface area contributed by atoms with Gasteiger partial charge in [-0.05, 0) is 42.5 Å². The van der Waals surface area contributed by atoms with Gasteiger partial charge in [0.05, 0.1) is 23.8 Å². The number of pyridine rings is 1. The van der Waals surface area contributed by atoms with Gasteiger partial charge in [0.1, 0.15) is 12.4 Å². The molecule has 0 amide bonds. The number of aliphatic hydroxyl groups excluding tert-OH is 1. The van der Waals surface area contributed by atoms with E-state index in [2.05, 4.69) is 6.07 Å². The molecule has 0 aliphatic carbocycles. The fourth-order valence-electron chi connectivity index (χ4n) is 3.25. The third kappa shape index (κ3) is 3.03. The number of carbonyl (C=O) groups excluding carboxylic acids is 1. The molecule has 4 aromatic rings. The molecule has 0 saturated heterocycles. The predicted octanol–water partition coefficient (Wildman–Crippen LogP) is 3.57. The Kier molecular flexibility index (Phi) is 4.33. The molecular weight excluding hydrogens is 340 g/mol. The highest BCUT2D eigenvalue weighted by Crippen LogP contribution is 2.26. The molecule has 0 aliphatic heterocycles. The number of hydrogen-bond acceptors (Lipinski definition) is 4. The van der Waals surface area contributed by atoms with E-state index in [4.69, 9.17) is 9.84 Å². The SMILES string of the molecule is N#Cc1cc(C(=O)c2cccc(OCCO)c2)c2c(ccc3cccn32)c1. The minimum Gasteiger partial charge on any atom is -0.491 e. The van der Waals surface area contributed by atoms with Crippen molar-refractivity contribution in [3.05, 3.63) is 83.6 Å². The number of hydrogen-bond donors (Lipinski definition) is 1. The molecule has 0 unspecified atom stereocenters. The van der Waals surface area contributed by atoms with Crippen molar-refractivity contribution in [2.45, 2.75) is 0 Å². The van der Waals surface area contributed by atoms with Gasteiger partial charge >= 0.3 is 0 Å². The van der Waals surface area contributed by atoms with Crippen molar-refractivity contribution in [1.82, 2.24) is 4.40 Å². The van der Waals surface area contributed by atoms with Crippen LogP contribution in [0.1, 0.15) is 21.5 Å². The first kappa shape index (κ1) is 16.8. The quantitative estimate of drug-likeness (QED) is 0.555. The van der Waals surface area contributed by atoms with E-state index in [0.717, 1.165) is 16.4 Å². The first-order valence-corrected chi connectivity index (χ1v) is 8.53. The van der Waals surface area contributed by atoms with Gasteiger partial charge in [-0.2, -0.15) is 5.26 Å². The van der Waals surface area contributed by atoms with Gasteiger partial charge in [0, 0.05) is 28.2 Å². The molecule has 0 bridgehead atoms. The standard InChI is InChI=1S/C22H16N2O3/c23-14-15-11-16-6-7-18-4-2-8-24(18)21(16)20(12-15)22(26)17-3-1-5-19(13-17)27-10-9-25/h1-8,11-13,25H,9-10H2. The summed E-state index contributed by atoms with van der Waals surface area (Å²) in [5, 5.41) is 19.1. The molecular formula is C22H16N2O3. The summed E-state index contributed by atoms with van der Waals surface area (Å²) >= 11 is 0. The molecule has 1 N–H and O–H groups in total. The number of nitrogens with zero attached hydrogens (tertiary/aromatic N) is 2. The number of aliphatic hydroxyl groups is 1. The summed E-state index contributed by atoms with van der Waals surface area (Å²) in [6, 6.07) is 20.2. The maximum Gasteiger partial charge on any atom is 0.195 e. The molecule has 0 atom stereocenters. The van der Waals surface area contributed by atoms with Crippen LogP contribution >= 0.6 is 0 Å². The summed E-state index contributed by atoms with van der Waals surface area (Å²) in [4.78, 5) is 13.3. The molecule has 0 spiro atoms. The summed E-state index contributed by atoms with van der Waals surface area (Å²) in [6.07, 6.45) is 1.90. The van der Waals surface area contributed by atoms with E-state index in [1.807, 2.05) is 34.9 Å². The summed E-state index contributed by atoms with van der Waals surface area (Å²) in [7, 11) is 0. The van der Waals surface area contributed by atoms with Gasteiger partial charge in [-0.1, -0.05) is 18.2 Å². The Bertz CT molecular complexity index is 1200. The minimum absolute atomic E-state index is 0.0986. The Morgan fingerprint density at radius 2 is 2.00 bits per heavy atom. The Labute approximate surface area is 155 Å². The lowest BCUT2D eigenvalue weighted by molar-refractivity contribution is 0.103. The van der Waals surface area contributed by atoms with E-state index in [1.54, 1.807) is 36.4 Å². The third-order valence-electron chi connectivity index (χ3n) is 4.42. The lowest BCUT2D eigenvalue weighted by Crippen LogP contribution is -2.07. The van der Waals surface area contributed by atoms with Gasteiger partial charge in [0.25, 0.3) is 0 Å². The Morgan fingerprint density at radius 1 is 1.11 bits per heavy atom. The summed E-state index contributed by atoms with van der Waals surface area (Å²) in [6.45, 7) is 0.0626. The van der Waals surface area contributed by atoms with Crippen molar-refractivity contribution in [2.75, 3.05) is 13.2 Å². The number of aromatic nitrogens is 1. The highest BCUT2D eigenvalue weighted by molar-refractivity contribution is 6.16. The molecule has 0 saturated carbocycles. The predicted molar refractivity (Wildman–Crippen MR) is 102 cm³/mol. The van der Waals surface area contributed by atoms with Crippen LogP contribution in [-0.4, -0.2) is 28.5 Å². The van der Waals surface area contributed by atoms with Crippen molar-refractivity contribution in [2.24, 2.45) is 0 Å². The largest absolute Gasteiger partial charge is 0.491 e. The average Bonchev–Trinajstić information content (AvgIpc) is 3.20. The zero-order valence-corrected chi connectivity index (χ0v) is 14.4. The van der Waals surface area contributed by atoms with Crippen LogP contribution in [0.5, 0.6) is 5.75 Å². The topological polar surface area (TPSA) is 74.7 Å². The van der Waals surface area contributed by atoms with Crippen molar-refractivity contribution >= 4 is 22.2 Å². The highest BCUT2D eigenvalue weighted by Gasteiger charge is 2.17. The van der Waals surface area contributed by atoms with Crippen molar-refractivity contribution in [3.8, 4) is 11.8 Å². The molecule has 4 rings (SSSR count). The van der Waals surface area contributed by atoms with Crippen LogP contribution in [0.3, 0.4) is 0 Å². The molecule has 2 aromatic heterocycles. The van der Waals surface area contributed by atoms with E-state index in [1.165, 1.54) is 0 Å². The van der Waals surface area contributed by atoms with Crippen LogP contribution in [0.25, 0.3) is 16.4 Å². The number of ether oxygens (including phenoxy) is 1. The second-order valence-electron chi connectivity index (χ2n) is 6.14. The van der Waals surface area contributed by atoms with Crippen molar-refractivity contribution < 1.29 is 14.6 Å². The van der Waals surface area contributed by atoms with Gasteiger partial charge in [0.15, 0.2) is 5.78 Å². The second kappa shape index (κ2) is 6.94. The zero-order valence-electron chi connectivity index (χ0n) is 14.4. The number of benzene rings is 2. The van der Waals surface area contributed by atoms with Crippen LogP contribution in [0.4, 0.5) is 0 Å². The van der Waals surface area contributed by atoms with Crippen LogP contribution in [0, 0.1) is 11.3 Å². The normalized spacial score (nSPS) is 10.8. The molecule has 0 aliphatic rings. The van der Waals surface area contributed by atoms with E-state index < -0.39 is 0 Å². The molecule has 0 fully saturated rings. The van der Waals surface area contributed by atoms with Crippen molar-refractivity contribution in [3.63, 3.8) is 0 Å². The summed E-state index contributed by atoms with van der Waals surface area (Å²) in [5.41, 5.74) is 3.10. The Hall–Kier alpha value is -3.62. The molecule has 2 aromatic carbocycles.